The molecule has 0 radical (unpaired) electrons. The molecule has 0 aliphatic heterocycles. The van der Waals surface area contributed by atoms with Gasteiger partial charge in [-0.15, -0.1) is 0 Å². The number of aromatic nitrogens is 2. The smallest absolute Gasteiger partial charge is 0.126 e. The molecular formula is C16H24ClN3. The van der Waals surface area contributed by atoms with Crippen LogP contribution in [0.3, 0.4) is 0 Å². The van der Waals surface area contributed by atoms with E-state index in [1.165, 1.54) is 12.8 Å². The van der Waals surface area contributed by atoms with Gasteiger partial charge in [0.05, 0.1) is 17.1 Å². The van der Waals surface area contributed by atoms with Gasteiger partial charge in [-0.1, -0.05) is 44.7 Å². The summed E-state index contributed by atoms with van der Waals surface area (Å²) < 4.78 is 2.28. The maximum Gasteiger partial charge on any atom is 0.126 e. The first kappa shape index (κ1) is 15.3. The number of unbranched alkanes of at least 4 members (excludes halogenated alkanes) is 2. The van der Waals surface area contributed by atoms with Gasteiger partial charge in [0, 0.05) is 11.6 Å². The molecule has 0 spiro atoms. The molecule has 1 aromatic heterocycles. The molecule has 0 aliphatic carbocycles. The van der Waals surface area contributed by atoms with Gasteiger partial charge in [-0.3, -0.25) is 0 Å². The third-order valence-corrected chi connectivity index (χ3v) is 3.89. The van der Waals surface area contributed by atoms with Crippen LogP contribution in [0.5, 0.6) is 0 Å². The summed E-state index contributed by atoms with van der Waals surface area (Å²) in [5.74, 6) is 1.00. The second-order valence-corrected chi connectivity index (χ2v) is 5.79. The number of benzene rings is 1. The largest absolute Gasteiger partial charge is 0.327 e. The van der Waals surface area contributed by atoms with Crippen molar-refractivity contribution in [1.82, 2.24) is 9.55 Å². The summed E-state index contributed by atoms with van der Waals surface area (Å²) in [6.45, 7) is 5.36. The Bertz CT molecular complexity index is 562. The van der Waals surface area contributed by atoms with Crippen LogP contribution in [0.4, 0.5) is 0 Å². The van der Waals surface area contributed by atoms with Crippen molar-refractivity contribution in [2.75, 3.05) is 0 Å². The zero-order chi connectivity index (χ0) is 14.5. The summed E-state index contributed by atoms with van der Waals surface area (Å²) in [4.78, 5) is 4.72. The van der Waals surface area contributed by atoms with E-state index >= 15 is 0 Å². The fraction of sp³-hybridized carbons (Fsp3) is 0.562. The molecule has 0 saturated heterocycles. The lowest BCUT2D eigenvalue weighted by atomic mass is 10.1. The zero-order valence-electron chi connectivity index (χ0n) is 12.4. The van der Waals surface area contributed by atoms with Crippen molar-refractivity contribution in [3.8, 4) is 0 Å². The fourth-order valence-corrected chi connectivity index (χ4v) is 2.77. The molecule has 20 heavy (non-hydrogen) atoms. The van der Waals surface area contributed by atoms with Crippen LogP contribution in [0.15, 0.2) is 18.2 Å². The highest BCUT2D eigenvalue weighted by Gasteiger charge is 2.16. The number of imidazole rings is 1. The molecule has 0 amide bonds. The molecule has 0 saturated carbocycles. The third-order valence-electron chi connectivity index (χ3n) is 3.66. The van der Waals surface area contributed by atoms with Crippen LogP contribution in [0, 0.1) is 0 Å². The maximum absolute atomic E-state index is 6.30. The molecule has 1 atom stereocenters. The number of hydrogen-bond donors (Lipinski definition) is 1. The van der Waals surface area contributed by atoms with Gasteiger partial charge >= 0.3 is 0 Å². The third kappa shape index (κ3) is 3.33. The van der Waals surface area contributed by atoms with E-state index < -0.39 is 0 Å². The minimum absolute atomic E-state index is 0.00722. The lowest BCUT2D eigenvalue weighted by molar-refractivity contribution is 0.533. The summed E-state index contributed by atoms with van der Waals surface area (Å²) in [5.41, 5.74) is 8.40. The molecule has 0 bridgehead atoms. The van der Waals surface area contributed by atoms with Crippen LogP contribution in [-0.4, -0.2) is 9.55 Å². The summed E-state index contributed by atoms with van der Waals surface area (Å²) in [6.07, 6.45) is 5.64. The number of rotatable bonds is 7. The Hall–Kier alpha value is -1.06. The molecule has 110 valence electrons. The van der Waals surface area contributed by atoms with Gasteiger partial charge in [0.1, 0.15) is 5.82 Å². The van der Waals surface area contributed by atoms with Crippen molar-refractivity contribution >= 4 is 22.6 Å². The first-order valence-electron chi connectivity index (χ1n) is 7.58. The first-order chi connectivity index (χ1) is 9.67. The molecule has 2 rings (SSSR count). The van der Waals surface area contributed by atoms with E-state index in [4.69, 9.17) is 22.3 Å². The van der Waals surface area contributed by atoms with E-state index in [1.807, 2.05) is 12.1 Å². The Kier molecular flexibility index (Phi) is 5.44. The summed E-state index contributed by atoms with van der Waals surface area (Å²) in [5, 5.41) is 0.728. The number of halogens is 1. The van der Waals surface area contributed by atoms with Crippen molar-refractivity contribution in [3.63, 3.8) is 0 Å². The highest BCUT2D eigenvalue weighted by molar-refractivity contribution is 6.31. The number of fused-ring (bicyclic) bond motifs is 1. The van der Waals surface area contributed by atoms with Crippen LogP contribution in [0.2, 0.25) is 5.02 Å². The van der Waals surface area contributed by atoms with Crippen molar-refractivity contribution in [3.05, 3.63) is 29.0 Å². The molecular weight excluding hydrogens is 270 g/mol. The van der Waals surface area contributed by atoms with Crippen LogP contribution < -0.4 is 5.73 Å². The zero-order valence-corrected chi connectivity index (χ0v) is 13.2. The lowest BCUT2D eigenvalue weighted by Gasteiger charge is -2.14. The van der Waals surface area contributed by atoms with E-state index in [1.54, 1.807) is 0 Å². The molecule has 2 aromatic rings. The molecule has 2 N–H and O–H groups in total. The Labute approximate surface area is 126 Å². The minimum Gasteiger partial charge on any atom is -0.327 e. The van der Waals surface area contributed by atoms with Gasteiger partial charge in [-0.25, -0.2) is 4.98 Å². The van der Waals surface area contributed by atoms with Crippen molar-refractivity contribution in [1.29, 1.82) is 0 Å². The molecule has 1 aromatic carbocycles. The first-order valence-corrected chi connectivity index (χ1v) is 7.96. The average molecular weight is 294 g/mol. The minimum atomic E-state index is 0.00722. The Morgan fingerprint density at radius 3 is 2.75 bits per heavy atom. The maximum atomic E-state index is 6.30. The second kappa shape index (κ2) is 7.09. The predicted molar refractivity (Wildman–Crippen MR) is 86.1 cm³/mol. The van der Waals surface area contributed by atoms with Gasteiger partial charge < -0.3 is 10.3 Å². The van der Waals surface area contributed by atoms with E-state index in [2.05, 4.69) is 24.5 Å². The van der Waals surface area contributed by atoms with Gasteiger partial charge in [-0.2, -0.15) is 0 Å². The van der Waals surface area contributed by atoms with Gasteiger partial charge in [0.25, 0.3) is 0 Å². The molecule has 1 heterocycles. The Morgan fingerprint density at radius 1 is 1.25 bits per heavy atom. The summed E-state index contributed by atoms with van der Waals surface area (Å²) in [6, 6.07) is 5.92. The molecule has 1 unspecified atom stereocenters. The monoisotopic (exact) mass is 293 g/mol. The summed E-state index contributed by atoms with van der Waals surface area (Å²) >= 11 is 6.07. The van der Waals surface area contributed by atoms with Crippen LogP contribution >= 0.6 is 11.6 Å². The number of nitrogens with zero attached hydrogens (tertiary/aromatic N) is 2. The lowest BCUT2D eigenvalue weighted by Crippen LogP contribution is -2.16. The Morgan fingerprint density at radius 2 is 2.05 bits per heavy atom. The summed E-state index contributed by atoms with van der Waals surface area (Å²) in [7, 11) is 0. The fourth-order valence-electron chi connectivity index (χ4n) is 2.60. The molecule has 0 fully saturated rings. The quantitative estimate of drug-likeness (QED) is 0.753. The number of nitrogens with two attached hydrogens (primary N) is 1. The number of aryl methyl sites for hydroxylation is 1. The predicted octanol–water partition coefficient (Wildman–Crippen LogP) is 4.68. The van der Waals surface area contributed by atoms with Crippen molar-refractivity contribution in [2.24, 2.45) is 5.73 Å². The van der Waals surface area contributed by atoms with E-state index in [-0.39, 0.29) is 6.04 Å². The molecule has 4 heteroatoms. The number of hydrogen-bond acceptors (Lipinski definition) is 2. The average Bonchev–Trinajstić information content (AvgIpc) is 2.77. The van der Waals surface area contributed by atoms with Crippen LogP contribution in [0.1, 0.15) is 57.8 Å². The van der Waals surface area contributed by atoms with E-state index in [0.29, 0.717) is 0 Å². The van der Waals surface area contributed by atoms with Gasteiger partial charge in [0.2, 0.25) is 0 Å². The van der Waals surface area contributed by atoms with E-state index in [0.717, 1.165) is 47.7 Å². The highest BCUT2D eigenvalue weighted by Crippen LogP contribution is 2.25. The van der Waals surface area contributed by atoms with Gasteiger partial charge in [-0.05, 0) is 31.0 Å². The highest BCUT2D eigenvalue weighted by atomic mass is 35.5. The van der Waals surface area contributed by atoms with Crippen LogP contribution in [0.25, 0.3) is 11.0 Å². The molecule has 0 aliphatic rings. The standard InChI is InChI=1S/C16H24ClN3/c1-3-5-6-10-20-15-9-8-12(17)11-14(15)19-16(20)13(18)7-4-2/h8-9,11,13H,3-7,10,18H2,1-2H3. The van der Waals surface area contributed by atoms with E-state index in [9.17, 15) is 0 Å². The van der Waals surface area contributed by atoms with Crippen molar-refractivity contribution < 1.29 is 0 Å². The molecule has 3 nitrogen and oxygen atoms in total. The Balaban J connectivity index is 2.39. The van der Waals surface area contributed by atoms with Crippen LogP contribution in [-0.2, 0) is 6.54 Å². The SMILES string of the molecule is CCCCCn1c(C(N)CCC)nc2cc(Cl)ccc21. The topological polar surface area (TPSA) is 43.8 Å². The second-order valence-electron chi connectivity index (χ2n) is 5.36. The van der Waals surface area contributed by atoms with Crippen molar-refractivity contribution in [2.45, 2.75) is 58.5 Å². The normalized spacial score (nSPS) is 13.0. The van der Waals surface area contributed by atoms with Gasteiger partial charge in [0.15, 0.2) is 0 Å².